The molecule has 0 unspecified atom stereocenters. The molecule has 1 atom stereocenters. The molecule has 20 heavy (non-hydrogen) atoms. The summed E-state index contributed by atoms with van der Waals surface area (Å²) in [7, 11) is 0. The van der Waals surface area contributed by atoms with E-state index in [9.17, 15) is 9.59 Å². The van der Waals surface area contributed by atoms with Crippen molar-refractivity contribution in [3.8, 4) is 0 Å². The quantitative estimate of drug-likeness (QED) is 0.867. The van der Waals surface area contributed by atoms with Crippen LogP contribution in [-0.2, 0) is 19.1 Å². The van der Waals surface area contributed by atoms with Gasteiger partial charge in [-0.1, -0.05) is 23.2 Å². The first kappa shape index (κ1) is 15.1. The minimum Gasteiger partial charge on any atom is -0.454 e. The minimum atomic E-state index is -0.548. The summed E-state index contributed by atoms with van der Waals surface area (Å²) in [6, 6.07) is 4.69. The van der Waals surface area contributed by atoms with Gasteiger partial charge in [0, 0.05) is 12.3 Å². The number of anilines is 1. The maximum atomic E-state index is 11.6. The summed E-state index contributed by atoms with van der Waals surface area (Å²) in [5, 5.41) is 3.29. The Bertz CT molecular complexity index is 515. The van der Waals surface area contributed by atoms with Crippen molar-refractivity contribution in [2.75, 3.05) is 18.5 Å². The summed E-state index contributed by atoms with van der Waals surface area (Å²) < 4.78 is 10.0. The molecule has 1 aromatic carbocycles. The van der Waals surface area contributed by atoms with E-state index in [4.69, 9.17) is 32.7 Å². The molecule has 0 radical (unpaired) electrons. The van der Waals surface area contributed by atoms with Crippen molar-refractivity contribution in [2.45, 2.75) is 18.9 Å². The Labute approximate surface area is 126 Å². The maximum Gasteiger partial charge on any atom is 0.335 e. The number of hydrogen-bond acceptors (Lipinski definition) is 4. The number of ether oxygens (including phenoxy) is 2. The lowest BCUT2D eigenvalue weighted by Gasteiger charge is -2.10. The van der Waals surface area contributed by atoms with E-state index in [0.29, 0.717) is 28.8 Å². The second-order valence-electron chi connectivity index (χ2n) is 4.29. The van der Waals surface area contributed by atoms with E-state index in [1.807, 2.05) is 0 Å². The third-order valence-electron chi connectivity index (χ3n) is 2.74. The molecule has 1 saturated heterocycles. The van der Waals surface area contributed by atoms with Crippen LogP contribution < -0.4 is 5.32 Å². The van der Waals surface area contributed by atoms with E-state index in [1.165, 1.54) is 6.07 Å². The fraction of sp³-hybridized carbons (Fsp3) is 0.385. The number of rotatable bonds is 4. The van der Waals surface area contributed by atoms with Gasteiger partial charge in [-0.15, -0.1) is 0 Å². The molecule has 1 aliphatic rings. The van der Waals surface area contributed by atoms with Crippen molar-refractivity contribution in [1.82, 2.24) is 0 Å². The lowest BCUT2D eigenvalue weighted by atomic mass is 10.2. The topological polar surface area (TPSA) is 64.6 Å². The smallest absolute Gasteiger partial charge is 0.335 e. The molecule has 0 aliphatic carbocycles. The molecular formula is C13H13Cl2NO4. The van der Waals surface area contributed by atoms with Gasteiger partial charge in [-0.25, -0.2) is 4.79 Å². The maximum absolute atomic E-state index is 11.6. The Balaban J connectivity index is 1.80. The molecule has 108 valence electrons. The fourth-order valence-electron chi connectivity index (χ4n) is 1.76. The molecule has 1 fully saturated rings. The molecule has 2 rings (SSSR count). The van der Waals surface area contributed by atoms with Crippen LogP contribution in [0.1, 0.15) is 12.8 Å². The van der Waals surface area contributed by atoms with Crippen LogP contribution >= 0.6 is 23.2 Å². The van der Waals surface area contributed by atoms with Crippen LogP contribution in [0.25, 0.3) is 0 Å². The Morgan fingerprint density at radius 3 is 2.80 bits per heavy atom. The largest absolute Gasteiger partial charge is 0.454 e. The van der Waals surface area contributed by atoms with Crippen LogP contribution in [-0.4, -0.2) is 31.2 Å². The zero-order valence-corrected chi connectivity index (χ0v) is 12.0. The summed E-state index contributed by atoms with van der Waals surface area (Å²) >= 11 is 11.6. The van der Waals surface area contributed by atoms with Crippen molar-refractivity contribution in [3.63, 3.8) is 0 Å². The van der Waals surface area contributed by atoms with Crippen molar-refractivity contribution in [3.05, 3.63) is 28.2 Å². The van der Waals surface area contributed by atoms with Gasteiger partial charge in [-0.3, -0.25) is 4.79 Å². The highest BCUT2D eigenvalue weighted by Crippen LogP contribution is 2.24. The average molecular weight is 318 g/mol. The van der Waals surface area contributed by atoms with E-state index in [0.717, 1.165) is 6.42 Å². The number of benzene rings is 1. The zero-order chi connectivity index (χ0) is 14.5. The number of halogens is 2. The minimum absolute atomic E-state index is 0.334. The summed E-state index contributed by atoms with van der Waals surface area (Å²) in [4.78, 5) is 23.2. The van der Waals surface area contributed by atoms with E-state index < -0.39 is 18.0 Å². The Morgan fingerprint density at radius 1 is 1.35 bits per heavy atom. The summed E-state index contributed by atoms with van der Waals surface area (Å²) in [6.07, 6.45) is 0.912. The fourth-order valence-corrected chi connectivity index (χ4v) is 2.06. The highest BCUT2D eigenvalue weighted by Gasteiger charge is 2.25. The molecular weight excluding hydrogens is 305 g/mol. The van der Waals surface area contributed by atoms with Crippen LogP contribution in [0.2, 0.25) is 10.0 Å². The van der Waals surface area contributed by atoms with Crippen molar-refractivity contribution in [1.29, 1.82) is 0 Å². The Kier molecular flexibility index (Phi) is 5.23. The van der Waals surface area contributed by atoms with Crippen LogP contribution in [0.4, 0.5) is 5.69 Å². The van der Waals surface area contributed by atoms with E-state index >= 15 is 0 Å². The number of esters is 1. The van der Waals surface area contributed by atoms with E-state index in [1.54, 1.807) is 12.1 Å². The lowest BCUT2D eigenvalue weighted by Crippen LogP contribution is -2.27. The first-order chi connectivity index (χ1) is 9.56. The van der Waals surface area contributed by atoms with Crippen molar-refractivity contribution in [2.24, 2.45) is 0 Å². The van der Waals surface area contributed by atoms with Gasteiger partial charge in [0.15, 0.2) is 12.7 Å². The number of hydrogen-bond donors (Lipinski definition) is 1. The highest BCUT2D eigenvalue weighted by molar-refractivity contribution is 6.42. The molecule has 1 amide bonds. The summed E-state index contributed by atoms with van der Waals surface area (Å²) in [5.41, 5.74) is 0.484. The standard InChI is InChI=1S/C13H13Cl2NO4/c14-9-4-3-8(6-10(9)15)16-12(17)7-20-13(18)11-2-1-5-19-11/h3-4,6,11H,1-2,5,7H2,(H,16,17)/t11-/m0/s1. The van der Waals surface area contributed by atoms with Crippen molar-refractivity contribution < 1.29 is 19.1 Å². The second kappa shape index (κ2) is 6.92. The van der Waals surface area contributed by atoms with Crippen LogP contribution in [0.5, 0.6) is 0 Å². The van der Waals surface area contributed by atoms with Gasteiger partial charge >= 0.3 is 5.97 Å². The number of nitrogens with one attached hydrogen (secondary N) is 1. The van der Waals surface area contributed by atoms with Gasteiger partial charge in [-0.05, 0) is 31.0 Å². The molecule has 0 saturated carbocycles. The normalized spacial score (nSPS) is 17.8. The molecule has 1 aliphatic heterocycles. The molecule has 1 aromatic rings. The first-order valence-electron chi connectivity index (χ1n) is 6.09. The zero-order valence-electron chi connectivity index (χ0n) is 10.5. The lowest BCUT2D eigenvalue weighted by molar-refractivity contribution is -0.156. The number of amides is 1. The summed E-state index contributed by atoms with van der Waals surface area (Å²) in [6.45, 7) is 0.189. The van der Waals surface area contributed by atoms with Gasteiger partial charge in [0.1, 0.15) is 0 Å². The molecule has 5 nitrogen and oxygen atoms in total. The predicted octanol–water partition coefficient (Wildman–Crippen LogP) is 2.65. The summed E-state index contributed by atoms with van der Waals surface area (Å²) in [5.74, 6) is -0.957. The third kappa shape index (κ3) is 4.10. The Hall–Kier alpha value is -1.30. The van der Waals surface area contributed by atoms with Gasteiger partial charge in [0.2, 0.25) is 0 Å². The van der Waals surface area contributed by atoms with Crippen LogP contribution in [0.15, 0.2) is 18.2 Å². The Morgan fingerprint density at radius 2 is 2.15 bits per heavy atom. The monoisotopic (exact) mass is 317 g/mol. The van der Waals surface area contributed by atoms with Crippen molar-refractivity contribution >= 4 is 40.8 Å². The molecule has 1 N–H and O–H groups in total. The van der Waals surface area contributed by atoms with E-state index in [-0.39, 0.29) is 6.61 Å². The molecule has 1 heterocycles. The van der Waals surface area contributed by atoms with Gasteiger partial charge in [-0.2, -0.15) is 0 Å². The van der Waals surface area contributed by atoms with Gasteiger partial charge in [0.25, 0.3) is 5.91 Å². The predicted molar refractivity (Wildman–Crippen MR) is 75.0 cm³/mol. The first-order valence-corrected chi connectivity index (χ1v) is 6.85. The molecule has 0 spiro atoms. The SMILES string of the molecule is O=C(COC(=O)[C@@H]1CCCO1)Nc1ccc(Cl)c(Cl)c1. The van der Waals surface area contributed by atoms with Crippen LogP contribution in [0, 0.1) is 0 Å². The highest BCUT2D eigenvalue weighted by atomic mass is 35.5. The number of carbonyl (C=O) groups is 2. The average Bonchev–Trinajstić information content (AvgIpc) is 2.94. The third-order valence-corrected chi connectivity index (χ3v) is 3.48. The van der Waals surface area contributed by atoms with Crippen LogP contribution in [0.3, 0.4) is 0 Å². The number of carbonyl (C=O) groups excluding carboxylic acids is 2. The molecule has 0 aromatic heterocycles. The van der Waals surface area contributed by atoms with Gasteiger partial charge in [0.05, 0.1) is 10.0 Å². The molecule has 0 bridgehead atoms. The second-order valence-corrected chi connectivity index (χ2v) is 5.10. The van der Waals surface area contributed by atoms with Gasteiger partial charge < -0.3 is 14.8 Å². The van der Waals surface area contributed by atoms with E-state index in [2.05, 4.69) is 5.32 Å². The molecule has 7 heteroatoms.